The number of aryl methyl sites for hydroxylation is 1. The normalized spacial score (nSPS) is 10.8. The van der Waals surface area contributed by atoms with Crippen molar-refractivity contribution in [2.45, 2.75) is 13.8 Å². The molecule has 2 heterocycles. The van der Waals surface area contributed by atoms with E-state index in [9.17, 15) is 19.8 Å². The minimum Gasteiger partial charge on any atom is -0.494 e. The summed E-state index contributed by atoms with van der Waals surface area (Å²) in [4.78, 5) is 33.5. The summed E-state index contributed by atoms with van der Waals surface area (Å²) in [5, 5.41) is 22.6. The second-order valence-electron chi connectivity index (χ2n) is 6.93. The number of thiophene rings is 1. The second kappa shape index (κ2) is 8.64. The fourth-order valence-electron chi connectivity index (χ4n) is 3.45. The number of carboxylic acid groups (broad SMARTS) is 2. The van der Waals surface area contributed by atoms with Gasteiger partial charge in [0, 0.05) is 16.1 Å². The van der Waals surface area contributed by atoms with E-state index < -0.39 is 11.9 Å². The number of benzene rings is 2. The van der Waals surface area contributed by atoms with Crippen molar-refractivity contribution in [2.75, 3.05) is 11.9 Å². The van der Waals surface area contributed by atoms with Gasteiger partial charge in [0.25, 0.3) is 0 Å². The first-order chi connectivity index (χ1) is 15.4. The number of anilines is 2. The van der Waals surface area contributed by atoms with Gasteiger partial charge in [-0.1, -0.05) is 12.1 Å². The van der Waals surface area contributed by atoms with Crippen molar-refractivity contribution < 1.29 is 24.5 Å². The van der Waals surface area contributed by atoms with Crippen LogP contribution in [0.15, 0.2) is 48.8 Å². The standard InChI is InChI=1S/C23H19N3O5S/c1-3-31-17-6-4-13(5-7-17)18-12(2)32-21-19(18)20(24-11-25-21)26-16-9-14(22(27)28)8-15(10-16)23(29)30/h4-11H,3H2,1-2H3,(H,27,28)(H,29,30)(H,24,25,26). The van der Waals surface area contributed by atoms with Crippen molar-refractivity contribution in [3.8, 4) is 16.9 Å². The number of aromatic nitrogens is 2. The molecule has 4 rings (SSSR count). The predicted octanol–water partition coefficient (Wildman–Crippen LogP) is 5.21. The predicted molar refractivity (Wildman–Crippen MR) is 122 cm³/mol. The molecular formula is C23H19N3O5S. The Morgan fingerprint density at radius 3 is 2.28 bits per heavy atom. The summed E-state index contributed by atoms with van der Waals surface area (Å²) >= 11 is 1.52. The number of carbonyl (C=O) groups is 2. The van der Waals surface area contributed by atoms with Gasteiger partial charge in [0.05, 0.1) is 23.1 Å². The van der Waals surface area contributed by atoms with Crippen LogP contribution in [0, 0.1) is 6.92 Å². The van der Waals surface area contributed by atoms with Crippen LogP contribution < -0.4 is 10.1 Å². The molecule has 0 amide bonds. The average molecular weight is 449 g/mol. The number of rotatable bonds is 7. The molecule has 0 unspecified atom stereocenters. The number of ether oxygens (including phenoxy) is 1. The molecule has 4 aromatic rings. The van der Waals surface area contributed by atoms with E-state index in [4.69, 9.17) is 4.74 Å². The highest BCUT2D eigenvalue weighted by Crippen LogP contribution is 2.41. The van der Waals surface area contributed by atoms with Gasteiger partial charge in [-0.3, -0.25) is 0 Å². The van der Waals surface area contributed by atoms with Crippen LogP contribution in [-0.2, 0) is 0 Å². The zero-order valence-electron chi connectivity index (χ0n) is 17.2. The third kappa shape index (κ3) is 4.10. The molecule has 0 fully saturated rings. The maximum Gasteiger partial charge on any atom is 0.335 e. The van der Waals surface area contributed by atoms with Gasteiger partial charge < -0.3 is 20.3 Å². The SMILES string of the molecule is CCOc1ccc(-c2c(C)sc3ncnc(Nc4cc(C(=O)O)cc(C(=O)O)c4)c23)cc1. The Labute approximate surface area is 187 Å². The lowest BCUT2D eigenvalue weighted by Crippen LogP contribution is -2.05. The van der Waals surface area contributed by atoms with Gasteiger partial charge in [-0.05, 0) is 49.7 Å². The first-order valence-electron chi connectivity index (χ1n) is 9.73. The molecule has 0 aliphatic carbocycles. The third-order valence-electron chi connectivity index (χ3n) is 4.81. The molecule has 2 aromatic heterocycles. The second-order valence-corrected chi connectivity index (χ2v) is 8.13. The summed E-state index contributed by atoms with van der Waals surface area (Å²) in [5.41, 5.74) is 1.95. The minimum atomic E-state index is -1.22. The molecular weight excluding hydrogens is 430 g/mol. The Balaban J connectivity index is 1.83. The number of fused-ring (bicyclic) bond motifs is 1. The monoisotopic (exact) mass is 449 g/mol. The lowest BCUT2D eigenvalue weighted by Gasteiger charge is -2.11. The van der Waals surface area contributed by atoms with E-state index in [1.807, 2.05) is 38.1 Å². The summed E-state index contributed by atoms with van der Waals surface area (Å²) in [6.45, 7) is 4.50. The van der Waals surface area contributed by atoms with Gasteiger partial charge >= 0.3 is 11.9 Å². The third-order valence-corrected chi connectivity index (χ3v) is 5.82. The van der Waals surface area contributed by atoms with Crippen LogP contribution in [0.1, 0.15) is 32.5 Å². The largest absolute Gasteiger partial charge is 0.494 e. The van der Waals surface area contributed by atoms with Crippen LogP contribution in [0.2, 0.25) is 0 Å². The van der Waals surface area contributed by atoms with E-state index in [-0.39, 0.29) is 11.1 Å². The maximum atomic E-state index is 11.5. The van der Waals surface area contributed by atoms with Crippen molar-refractivity contribution >= 4 is 45.0 Å². The Morgan fingerprint density at radius 1 is 1.03 bits per heavy atom. The van der Waals surface area contributed by atoms with Gasteiger partial charge in [-0.25, -0.2) is 19.6 Å². The van der Waals surface area contributed by atoms with Crippen LogP contribution >= 0.6 is 11.3 Å². The van der Waals surface area contributed by atoms with Crippen molar-refractivity contribution in [3.63, 3.8) is 0 Å². The van der Waals surface area contributed by atoms with E-state index >= 15 is 0 Å². The summed E-state index contributed by atoms with van der Waals surface area (Å²) < 4.78 is 5.53. The zero-order chi connectivity index (χ0) is 22.8. The molecule has 0 atom stereocenters. The summed E-state index contributed by atoms with van der Waals surface area (Å²) in [5.74, 6) is -1.20. The van der Waals surface area contributed by atoms with Gasteiger partial charge in [-0.15, -0.1) is 11.3 Å². The molecule has 0 aliphatic rings. The van der Waals surface area contributed by atoms with Crippen LogP contribution in [0.4, 0.5) is 11.5 Å². The van der Waals surface area contributed by atoms with E-state index in [1.165, 1.54) is 29.8 Å². The number of nitrogens with zero attached hydrogens (tertiary/aromatic N) is 2. The van der Waals surface area contributed by atoms with Crippen LogP contribution in [0.3, 0.4) is 0 Å². The molecule has 8 nitrogen and oxygen atoms in total. The maximum absolute atomic E-state index is 11.5. The van der Waals surface area contributed by atoms with E-state index in [2.05, 4.69) is 15.3 Å². The van der Waals surface area contributed by atoms with Crippen LogP contribution in [-0.4, -0.2) is 38.7 Å². The van der Waals surface area contributed by atoms with E-state index in [1.54, 1.807) is 0 Å². The van der Waals surface area contributed by atoms with E-state index in [0.717, 1.165) is 38.0 Å². The Kier molecular flexibility index (Phi) is 5.74. The van der Waals surface area contributed by atoms with Gasteiger partial charge in [0.1, 0.15) is 22.7 Å². The first kappa shape index (κ1) is 21.3. The Bertz CT molecular complexity index is 1300. The number of hydrogen-bond donors (Lipinski definition) is 3. The summed E-state index contributed by atoms with van der Waals surface area (Å²) in [7, 11) is 0. The highest BCUT2D eigenvalue weighted by Gasteiger charge is 2.18. The average Bonchev–Trinajstić information content (AvgIpc) is 3.11. The molecule has 9 heteroatoms. The van der Waals surface area contributed by atoms with Crippen molar-refractivity contribution in [1.82, 2.24) is 9.97 Å². The molecule has 0 radical (unpaired) electrons. The van der Waals surface area contributed by atoms with E-state index in [0.29, 0.717) is 18.1 Å². The molecule has 0 saturated heterocycles. The smallest absolute Gasteiger partial charge is 0.335 e. The van der Waals surface area contributed by atoms with Crippen molar-refractivity contribution in [2.24, 2.45) is 0 Å². The van der Waals surface area contributed by atoms with Crippen molar-refractivity contribution in [1.29, 1.82) is 0 Å². The topological polar surface area (TPSA) is 122 Å². The lowest BCUT2D eigenvalue weighted by atomic mass is 10.0. The van der Waals surface area contributed by atoms with Gasteiger partial charge in [0.15, 0.2) is 0 Å². The highest BCUT2D eigenvalue weighted by molar-refractivity contribution is 7.19. The highest BCUT2D eigenvalue weighted by atomic mass is 32.1. The molecule has 162 valence electrons. The number of nitrogens with one attached hydrogen (secondary N) is 1. The van der Waals surface area contributed by atoms with Crippen LogP contribution in [0.5, 0.6) is 5.75 Å². The molecule has 3 N–H and O–H groups in total. The molecule has 2 aromatic carbocycles. The molecule has 0 spiro atoms. The lowest BCUT2D eigenvalue weighted by molar-refractivity contribution is 0.0696. The number of carboxylic acids is 2. The molecule has 0 bridgehead atoms. The number of aromatic carboxylic acids is 2. The summed E-state index contributed by atoms with van der Waals surface area (Å²) in [6.07, 6.45) is 1.42. The first-order valence-corrected chi connectivity index (χ1v) is 10.5. The van der Waals surface area contributed by atoms with Gasteiger partial charge in [0.2, 0.25) is 0 Å². The van der Waals surface area contributed by atoms with Crippen LogP contribution in [0.25, 0.3) is 21.3 Å². The summed E-state index contributed by atoms with van der Waals surface area (Å²) in [6, 6.07) is 11.6. The molecule has 0 saturated carbocycles. The Hall–Kier alpha value is -3.98. The molecule has 32 heavy (non-hydrogen) atoms. The minimum absolute atomic E-state index is 0.133. The fraction of sp³-hybridized carbons (Fsp3) is 0.130. The quantitative estimate of drug-likeness (QED) is 0.352. The zero-order valence-corrected chi connectivity index (χ0v) is 18.1. The number of hydrogen-bond acceptors (Lipinski definition) is 7. The van der Waals surface area contributed by atoms with Gasteiger partial charge in [-0.2, -0.15) is 0 Å². The Morgan fingerprint density at radius 2 is 1.69 bits per heavy atom. The van der Waals surface area contributed by atoms with Crippen molar-refractivity contribution in [3.05, 3.63) is 64.8 Å². The fourth-order valence-corrected chi connectivity index (χ4v) is 4.47. The molecule has 0 aliphatic heterocycles.